The summed E-state index contributed by atoms with van der Waals surface area (Å²) in [5.74, 6) is 0. The first-order valence-corrected chi connectivity index (χ1v) is 4.88. The average molecular weight is 200 g/mol. The van der Waals surface area contributed by atoms with Crippen molar-refractivity contribution >= 4 is 11.8 Å². The van der Waals surface area contributed by atoms with Crippen LogP contribution in [0.1, 0.15) is 18.1 Å². The van der Waals surface area contributed by atoms with E-state index in [0.717, 1.165) is 11.3 Å². The Balaban J connectivity index is 3.10. The summed E-state index contributed by atoms with van der Waals surface area (Å²) in [6.45, 7) is 10.8. The van der Waals surface area contributed by atoms with E-state index in [4.69, 9.17) is 6.57 Å². The summed E-state index contributed by atoms with van der Waals surface area (Å²) in [5.41, 5.74) is 4.22. The number of nitrogens with zero attached hydrogens (tertiary/aromatic N) is 2. The largest absolute Gasteiger partial charge is 0.378 e. The highest BCUT2D eigenvalue weighted by Gasteiger charge is 1.99. The van der Waals surface area contributed by atoms with Crippen molar-refractivity contribution in [1.82, 2.24) is 0 Å². The molecular weight excluding hydrogens is 184 g/mol. The van der Waals surface area contributed by atoms with Gasteiger partial charge in [-0.2, -0.15) is 0 Å². The van der Waals surface area contributed by atoms with Gasteiger partial charge in [-0.25, -0.2) is 4.85 Å². The van der Waals surface area contributed by atoms with E-state index in [2.05, 4.69) is 34.9 Å². The highest BCUT2D eigenvalue weighted by Crippen LogP contribution is 2.19. The van der Waals surface area contributed by atoms with Gasteiger partial charge in [-0.15, -0.1) is 0 Å². The topological polar surface area (TPSA) is 7.60 Å². The van der Waals surface area contributed by atoms with Crippen LogP contribution < -0.4 is 4.90 Å². The van der Waals surface area contributed by atoms with E-state index in [-0.39, 0.29) is 0 Å². The Hall–Kier alpha value is -1.75. The van der Waals surface area contributed by atoms with Gasteiger partial charge in [0.1, 0.15) is 0 Å². The molecule has 2 nitrogen and oxygen atoms in total. The van der Waals surface area contributed by atoms with Crippen LogP contribution in [0, 0.1) is 13.5 Å². The van der Waals surface area contributed by atoms with Crippen LogP contribution in [0.5, 0.6) is 0 Å². The quantitative estimate of drug-likeness (QED) is 0.664. The fourth-order valence-corrected chi connectivity index (χ4v) is 1.36. The zero-order valence-electron chi connectivity index (χ0n) is 9.70. The SMILES string of the molecule is [C-]#[N+]/C(C)=C/c1ccc(N(C)C)cc1C. The smallest absolute Gasteiger partial charge is 0.163 e. The van der Waals surface area contributed by atoms with Crippen LogP contribution in [-0.2, 0) is 0 Å². The zero-order valence-corrected chi connectivity index (χ0v) is 9.70. The maximum absolute atomic E-state index is 6.89. The Morgan fingerprint density at radius 1 is 1.40 bits per heavy atom. The molecule has 0 atom stereocenters. The molecule has 2 heteroatoms. The van der Waals surface area contributed by atoms with Gasteiger partial charge in [0, 0.05) is 19.8 Å². The Bertz CT molecular complexity index is 423. The molecule has 15 heavy (non-hydrogen) atoms. The lowest BCUT2D eigenvalue weighted by molar-refractivity contribution is 1.13. The standard InChI is InChI=1S/C13H16N2/c1-10-8-13(15(4)5)7-6-12(10)9-11(2)14-3/h6-9H,1-2,4-5H3/b11-9+. The van der Waals surface area contributed by atoms with Gasteiger partial charge in [0.15, 0.2) is 5.70 Å². The number of rotatable bonds is 2. The van der Waals surface area contributed by atoms with E-state index in [1.54, 1.807) is 0 Å². The molecule has 1 aromatic rings. The van der Waals surface area contributed by atoms with Crippen LogP contribution in [0.15, 0.2) is 23.9 Å². The second-order valence-electron chi connectivity index (χ2n) is 3.83. The van der Waals surface area contributed by atoms with Gasteiger partial charge in [-0.3, -0.25) is 0 Å². The Labute approximate surface area is 91.7 Å². The van der Waals surface area contributed by atoms with E-state index in [1.807, 2.05) is 27.1 Å². The molecule has 0 aliphatic heterocycles. The summed E-state index contributed by atoms with van der Waals surface area (Å²) in [4.78, 5) is 5.45. The molecule has 0 radical (unpaired) electrons. The van der Waals surface area contributed by atoms with E-state index in [9.17, 15) is 0 Å². The molecule has 0 fully saturated rings. The number of hydrogen-bond donors (Lipinski definition) is 0. The molecule has 0 amide bonds. The minimum atomic E-state index is 0.718. The van der Waals surface area contributed by atoms with Crippen molar-refractivity contribution in [2.24, 2.45) is 0 Å². The van der Waals surface area contributed by atoms with Gasteiger partial charge in [-0.05, 0) is 37.1 Å². The van der Waals surface area contributed by atoms with Crippen LogP contribution in [0.2, 0.25) is 0 Å². The summed E-state index contributed by atoms with van der Waals surface area (Å²) < 4.78 is 0. The third-order valence-electron chi connectivity index (χ3n) is 2.31. The summed E-state index contributed by atoms with van der Waals surface area (Å²) in [6.07, 6.45) is 1.92. The molecule has 0 spiro atoms. The van der Waals surface area contributed by atoms with E-state index < -0.39 is 0 Å². The number of allylic oxidation sites excluding steroid dienone is 1. The van der Waals surface area contributed by atoms with Crippen molar-refractivity contribution < 1.29 is 0 Å². The van der Waals surface area contributed by atoms with Crippen molar-refractivity contribution in [3.8, 4) is 0 Å². The second-order valence-corrected chi connectivity index (χ2v) is 3.83. The first kappa shape index (κ1) is 11.3. The van der Waals surface area contributed by atoms with Crippen LogP contribution >= 0.6 is 0 Å². The maximum atomic E-state index is 6.89. The van der Waals surface area contributed by atoms with Gasteiger partial charge in [-0.1, -0.05) is 12.1 Å². The van der Waals surface area contributed by atoms with Gasteiger partial charge in [0.05, 0.1) is 6.57 Å². The first-order chi connectivity index (χ1) is 7.04. The average Bonchev–Trinajstić information content (AvgIpc) is 2.20. The van der Waals surface area contributed by atoms with Crippen LogP contribution in [0.25, 0.3) is 10.9 Å². The van der Waals surface area contributed by atoms with Crippen LogP contribution in [-0.4, -0.2) is 14.1 Å². The molecule has 0 saturated heterocycles. The van der Waals surface area contributed by atoms with Crippen molar-refractivity contribution in [2.45, 2.75) is 13.8 Å². The normalized spacial score (nSPS) is 11.0. The van der Waals surface area contributed by atoms with Gasteiger partial charge < -0.3 is 4.90 Å². The summed E-state index contributed by atoms with van der Waals surface area (Å²) in [6, 6.07) is 6.25. The molecule has 0 N–H and O–H groups in total. The van der Waals surface area contributed by atoms with Gasteiger partial charge in [0.25, 0.3) is 0 Å². The first-order valence-electron chi connectivity index (χ1n) is 4.88. The molecule has 1 rings (SSSR count). The lowest BCUT2D eigenvalue weighted by Crippen LogP contribution is -2.08. The summed E-state index contributed by atoms with van der Waals surface area (Å²) in [5, 5.41) is 0. The van der Waals surface area contributed by atoms with Crippen molar-refractivity contribution in [3.63, 3.8) is 0 Å². The van der Waals surface area contributed by atoms with Crippen LogP contribution in [0.3, 0.4) is 0 Å². The minimum Gasteiger partial charge on any atom is -0.378 e. The summed E-state index contributed by atoms with van der Waals surface area (Å²) >= 11 is 0. The molecular formula is C13H16N2. The molecule has 0 heterocycles. The predicted molar refractivity (Wildman–Crippen MR) is 65.8 cm³/mol. The number of hydrogen-bond acceptors (Lipinski definition) is 1. The molecule has 0 aliphatic rings. The third-order valence-corrected chi connectivity index (χ3v) is 2.31. The van der Waals surface area contributed by atoms with E-state index in [1.165, 1.54) is 11.3 Å². The van der Waals surface area contributed by atoms with E-state index >= 15 is 0 Å². The number of anilines is 1. The third kappa shape index (κ3) is 2.85. The maximum Gasteiger partial charge on any atom is 0.163 e. The molecule has 0 aromatic heterocycles. The zero-order chi connectivity index (χ0) is 11.4. The van der Waals surface area contributed by atoms with Crippen molar-refractivity contribution in [2.75, 3.05) is 19.0 Å². The molecule has 0 bridgehead atoms. The second kappa shape index (κ2) is 4.65. The number of aryl methyl sites for hydroxylation is 1. The Morgan fingerprint density at radius 3 is 2.53 bits per heavy atom. The van der Waals surface area contributed by atoms with Crippen LogP contribution in [0.4, 0.5) is 5.69 Å². The monoisotopic (exact) mass is 200 g/mol. The number of benzene rings is 1. The lowest BCUT2D eigenvalue weighted by Gasteiger charge is -2.14. The van der Waals surface area contributed by atoms with E-state index in [0.29, 0.717) is 0 Å². The fraction of sp³-hybridized carbons (Fsp3) is 0.308. The highest BCUT2D eigenvalue weighted by atomic mass is 15.1. The lowest BCUT2D eigenvalue weighted by atomic mass is 10.1. The molecule has 0 aliphatic carbocycles. The Morgan fingerprint density at radius 2 is 2.07 bits per heavy atom. The Kier molecular flexibility index (Phi) is 3.51. The summed E-state index contributed by atoms with van der Waals surface area (Å²) in [7, 11) is 4.04. The molecule has 0 unspecified atom stereocenters. The van der Waals surface area contributed by atoms with Gasteiger partial charge >= 0.3 is 0 Å². The predicted octanol–water partition coefficient (Wildman–Crippen LogP) is 3.34. The van der Waals surface area contributed by atoms with Gasteiger partial charge in [0.2, 0.25) is 0 Å². The van der Waals surface area contributed by atoms with Crippen molar-refractivity contribution in [1.29, 1.82) is 0 Å². The highest BCUT2D eigenvalue weighted by molar-refractivity contribution is 5.62. The molecule has 0 saturated carbocycles. The molecule has 78 valence electrons. The van der Waals surface area contributed by atoms with Crippen molar-refractivity contribution in [3.05, 3.63) is 46.4 Å². The fourth-order valence-electron chi connectivity index (χ4n) is 1.36. The molecule has 1 aromatic carbocycles. The minimum absolute atomic E-state index is 0.718.